The van der Waals surface area contributed by atoms with Crippen molar-refractivity contribution in [2.75, 3.05) is 0 Å². The average Bonchev–Trinajstić information content (AvgIpc) is 2.51. The van der Waals surface area contributed by atoms with Gasteiger partial charge in [-0.3, -0.25) is 4.98 Å². The summed E-state index contributed by atoms with van der Waals surface area (Å²) < 4.78 is 28.8. The van der Waals surface area contributed by atoms with Gasteiger partial charge in [-0.05, 0) is 30.2 Å². The number of fused-ring (bicyclic) bond motifs is 1. The Morgan fingerprint density at radius 3 is 2.68 bits per heavy atom. The minimum atomic E-state index is -0.508. The molecule has 0 saturated carbocycles. The van der Waals surface area contributed by atoms with Gasteiger partial charge in [0.05, 0.1) is 0 Å². The normalized spacial score (nSPS) is 11.0. The second-order valence-corrected chi connectivity index (χ2v) is 5.23. The molecule has 3 aromatic rings. The van der Waals surface area contributed by atoms with Crippen LogP contribution in [0, 0.1) is 11.6 Å². The lowest BCUT2D eigenvalue weighted by atomic mass is 9.98. The quantitative estimate of drug-likeness (QED) is 0.751. The van der Waals surface area contributed by atoms with Crippen LogP contribution in [0.5, 0.6) is 5.75 Å². The maximum Gasteiger partial charge on any atom is 0.138 e. The lowest BCUT2D eigenvalue weighted by molar-refractivity contribution is 0.458. The van der Waals surface area contributed by atoms with Gasteiger partial charge < -0.3 is 5.11 Å². The van der Waals surface area contributed by atoms with Crippen LogP contribution < -0.4 is 0 Å². The number of rotatable bonds is 3. The van der Waals surface area contributed by atoms with Gasteiger partial charge in [0.2, 0.25) is 0 Å². The van der Waals surface area contributed by atoms with Gasteiger partial charge in [-0.2, -0.15) is 0 Å². The Bertz CT molecular complexity index is 823. The summed E-state index contributed by atoms with van der Waals surface area (Å²) in [6.07, 6.45) is 4.26. The first kappa shape index (κ1) is 14.4. The number of hydrogen-bond acceptors (Lipinski definition) is 2. The van der Waals surface area contributed by atoms with E-state index in [9.17, 15) is 13.9 Å². The highest BCUT2D eigenvalue weighted by Gasteiger charge is 2.14. The lowest BCUT2D eigenvalue weighted by Gasteiger charge is -2.10. The van der Waals surface area contributed by atoms with Crippen molar-refractivity contribution >= 4 is 10.8 Å². The minimum absolute atomic E-state index is 0.133. The molecule has 2 aromatic carbocycles. The zero-order valence-electron chi connectivity index (χ0n) is 12.1. The maximum absolute atomic E-state index is 14.6. The molecule has 0 aliphatic rings. The summed E-state index contributed by atoms with van der Waals surface area (Å²) in [5, 5.41) is 11.1. The molecule has 0 radical (unpaired) electrons. The van der Waals surface area contributed by atoms with Gasteiger partial charge in [-0.1, -0.05) is 25.5 Å². The van der Waals surface area contributed by atoms with E-state index < -0.39 is 11.6 Å². The van der Waals surface area contributed by atoms with Crippen molar-refractivity contribution in [1.29, 1.82) is 0 Å². The van der Waals surface area contributed by atoms with Crippen LogP contribution in [0.1, 0.15) is 18.9 Å². The van der Waals surface area contributed by atoms with E-state index >= 15 is 0 Å². The Hall–Kier alpha value is -2.49. The van der Waals surface area contributed by atoms with Crippen molar-refractivity contribution in [3.63, 3.8) is 0 Å². The van der Waals surface area contributed by atoms with Gasteiger partial charge in [0.15, 0.2) is 0 Å². The first-order valence-corrected chi connectivity index (χ1v) is 7.15. The summed E-state index contributed by atoms with van der Waals surface area (Å²) in [6, 6.07) is 7.58. The highest BCUT2D eigenvalue weighted by Crippen LogP contribution is 2.33. The van der Waals surface area contributed by atoms with Crippen molar-refractivity contribution in [2.24, 2.45) is 0 Å². The number of benzene rings is 2. The van der Waals surface area contributed by atoms with Crippen LogP contribution in [0.15, 0.2) is 42.7 Å². The van der Waals surface area contributed by atoms with E-state index in [0.29, 0.717) is 22.8 Å². The zero-order chi connectivity index (χ0) is 15.7. The van der Waals surface area contributed by atoms with E-state index in [1.165, 1.54) is 18.3 Å². The molecule has 112 valence electrons. The predicted octanol–water partition coefficient (Wildman–Crippen LogP) is 4.84. The smallest absolute Gasteiger partial charge is 0.138 e. The van der Waals surface area contributed by atoms with Crippen LogP contribution in [-0.4, -0.2) is 10.1 Å². The third-order valence-corrected chi connectivity index (χ3v) is 3.74. The van der Waals surface area contributed by atoms with E-state index in [2.05, 4.69) is 4.98 Å². The van der Waals surface area contributed by atoms with Gasteiger partial charge in [-0.15, -0.1) is 0 Å². The molecule has 22 heavy (non-hydrogen) atoms. The number of halogens is 2. The standard InChI is InChI=1S/C18H15F2NO/c1-2-3-15-16(19)8-12(9-17(15)22)13-5-4-11-10-21-7-6-14(11)18(13)20/h4-10,22H,2-3H2,1H3. The summed E-state index contributed by atoms with van der Waals surface area (Å²) in [4.78, 5) is 3.95. The third-order valence-electron chi connectivity index (χ3n) is 3.74. The van der Waals surface area contributed by atoms with Crippen LogP contribution >= 0.6 is 0 Å². The number of phenols is 1. The Morgan fingerprint density at radius 1 is 1.14 bits per heavy atom. The summed E-state index contributed by atoms with van der Waals surface area (Å²) in [5.41, 5.74) is 0.860. The highest BCUT2D eigenvalue weighted by molar-refractivity contribution is 5.87. The molecule has 0 fully saturated rings. The van der Waals surface area contributed by atoms with E-state index in [1.54, 1.807) is 24.4 Å². The molecular weight excluding hydrogens is 284 g/mol. The topological polar surface area (TPSA) is 33.1 Å². The van der Waals surface area contributed by atoms with Crippen LogP contribution in [0.4, 0.5) is 8.78 Å². The fourth-order valence-electron chi connectivity index (χ4n) is 2.63. The first-order chi connectivity index (χ1) is 10.6. The largest absolute Gasteiger partial charge is 0.508 e. The fraction of sp³-hybridized carbons (Fsp3) is 0.167. The molecule has 2 nitrogen and oxygen atoms in total. The lowest BCUT2D eigenvalue weighted by Crippen LogP contribution is -1.94. The fourth-order valence-corrected chi connectivity index (χ4v) is 2.63. The van der Waals surface area contributed by atoms with Crippen molar-refractivity contribution in [3.05, 3.63) is 59.9 Å². The highest BCUT2D eigenvalue weighted by atomic mass is 19.1. The van der Waals surface area contributed by atoms with Gasteiger partial charge in [-0.25, -0.2) is 8.78 Å². The first-order valence-electron chi connectivity index (χ1n) is 7.15. The summed E-state index contributed by atoms with van der Waals surface area (Å²) >= 11 is 0. The Labute approximate surface area is 127 Å². The van der Waals surface area contributed by atoms with Crippen LogP contribution in [0.25, 0.3) is 21.9 Å². The molecule has 1 aromatic heterocycles. The van der Waals surface area contributed by atoms with Crippen molar-refractivity contribution in [1.82, 2.24) is 4.98 Å². The molecule has 1 N–H and O–H groups in total. The van der Waals surface area contributed by atoms with Crippen molar-refractivity contribution in [2.45, 2.75) is 19.8 Å². The second kappa shape index (κ2) is 5.72. The molecule has 0 aliphatic heterocycles. The van der Waals surface area contributed by atoms with Crippen LogP contribution in [0.2, 0.25) is 0 Å². The van der Waals surface area contributed by atoms with E-state index in [1.807, 2.05) is 6.92 Å². The molecule has 1 heterocycles. The van der Waals surface area contributed by atoms with Crippen molar-refractivity contribution < 1.29 is 13.9 Å². The molecule has 0 bridgehead atoms. The van der Waals surface area contributed by atoms with Gasteiger partial charge in [0.25, 0.3) is 0 Å². The van der Waals surface area contributed by atoms with Crippen molar-refractivity contribution in [3.8, 4) is 16.9 Å². The number of aromatic nitrogens is 1. The SMILES string of the molecule is CCCc1c(O)cc(-c2ccc3cnccc3c2F)cc1F. The van der Waals surface area contributed by atoms with Gasteiger partial charge in [0.1, 0.15) is 17.4 Å². The summed E-state index contributed by atoms with van der Waals surface area (Å²) in [7, 11) is 0. The van der Waals surface area contributed by atoms with E-state index in [-0.39, 0.29) is 16.9 Å². The predicted molar refractivity (Wildman–Crippen MR) is 82.8 cm³/mol. The summed E-state index contributed by atoms with van der Waals surface area (Å²) in [5.74, 6) is -1.08. The molecule has 0 spiro atoms. The number of aromatic hydroxyl groups is 1. The Morgan fingerprint density at radius 2 is 1.95 bits per heavy atom. The monoisotopic (exact) mass is 299 g/mol. The summed E-state index contributed by atoms with van der Waals surface area (Å²) in [6.45, 7) is 1.91. The van der Waals surface area contributed by atoms with Crippen LogP contribution in [0.3, 0.4) is 0 Å². The number of hydrogen-bond donors (Lipinski definition) is 1. The molecule has 0 unspecified atom stereocenters. The molecule has 0 saturated heterocycles. The Kier molecular flexibility index (Phi) is 3.75. The second-order valence-electron chi connectivity index (χ2n) is 5.23. The molecule has 4 heteroatoms. The minimum Gasteiger partial charge on any atom is -0.508 e. The zero-order valence-corrected chi connectivity index (χ0v) is 12.1. The van der Waals surface area contributed by atoms with Gasteiger partial charge >= 0.3 is 0 Å². The van der Waals surface area contributed by atoms with Crippen LogP contribution in [-0.2, 0) is 6.42 Å². The molecular formula is C18H15F2NO. The number of phenolic OH excluding ortho intramolecular Hbond substituents is 1. The van der Waals surface area contributed by atoms with E-state index in [4.69, 9.17) is 0 Å². The number of nitrogens with zero attached hydrogens (tertiary/aromatic N) is 1. The average molecular weight is 299 g/mol. The van der Waals surface area contributed by atoms with E-state index in [0.717, 1.165) is 6.42 Å². The maximum atomic E-state index is 14.6. The van der Waals surface area contributed by atoms with Gasteiger partial charge in [0, 0.05) is 34.3 Å². The Balaban J connectivity index is 2.17. The molecule has 3 rings (SSSR count). The third kappa shape index (κ3) is 2.41. The molecule has 0 aliphatic carbocycles. The molecule has 0 atom stereocenters. The number of pyridine rings is 1. The molecule has 0 amide bonds.